The Balaban J connectivity index is 2.00. The minimum absolute atomic E-state index is 0.179. The number of amides is 1. The summed E-state index contributed by atoms with van der Waals surface area (Å²) in [6.45, 7) is 4.79. The third-order valence-electron chi connectivity index (χ3n) is 3.34. The van der Waals surface area contributed by atoms with Crippen LogP contribution in [0, 0.1) is 0 Å². The van der Waals surface area contributed by atoms with Gasteiger partial charge in [-0.05, 0) is 35.2 Å². The Morgan fingerprint density at radius 3 is 2.14 bits per heavy atom. The first-order chi connectivity index (χ1) is 9.95. The van der Waals surface area contributed by atoms with Crippen molar-refractivity contribution >= 4 is 17.3 Å². The quantitative estimate of drug-likeness (QED) is 0.755. The van der Waals surface area contributed by atoms with Crippen molar-refractivity contribution in [1.29, 1.82) is 0 Å². The molecule has 4 nitrogen and oxygen atoms in total. The van der Waals surface area contributed by atoms with Crippen LogP contribution in [0.4, 0.5) is 11.4 Å². The number of hydrogen-bond acceptors (Lipinski definition) is 3. The van der Waals surface area contributed by atoms with Crippen LogP contribution in [0.5, 0.6) is 0 Å². The van der Waals surface area contributed by atoms with Crippen molar-refractivity contribution in [2.75, 3.05) is 11.5 Å². The molecule has 4 heteroatoms. The molecule has 110 valence electrons. The number of hydrogen-bond donors (Lipinski definition) is 3. The molecule has 0 aliphatic heterocycles. The minimum Gasteiger partial charge on any atom is -0.399 e. The van der Waals surface area contributed by atoms with Crippen LogP contribution in [0.3, 0.4) is 0 Å². The molecule has 0 radical (unpaired) electrons. The third-order valence-corrected chi connectivity index (χ3v) is 3.34. The van der Waals surface area contributed by atoms with Crippen molar-refractivity contribution in [2.45, 2.75) is 26.3 Å². The molecule has 0 heterocycles. The molecule has 21 heavy (non-hydrogen) atoms. The molecule has 0 saturated carbocycles. The number of carbonyl (C=O) groups excluding carboxylic acids is 1. The van der Waals surface area contributed by atoms with E-state index in [1.165, 1.54) is 5.56 Å². The highest BCUT2D eigenvalue weighted by molar-refractivity contribution is 5.96. The Morgan fingerprint density at radius 1 is 1.05 bits per heavy atom. The average Bonchev–Trinajstić information content (AvgIpc) is 2.44. The topological polar surface area (TPSA) is 81.1 Å². The monoisotopic (exact) mass is 283 g/mol. The Labute approximate surface area is 125 Å². The van der Waals surface area contributed by atoms with Gasteiger partial charge in [-0.2, -0.15) is 0 Å². The van der Waals surface area contributed by atoms with Crippen molar-refractivity contribution in [1.82, 2.24) is 5.32 Å². The lowest BCUT2D eigenvalue weighted by Gasteiger charge is -2.09. The fourth-order valence-electron chi connectivity index (χ4n) is 2.11. The fourth-order valence-corrected chi connectivity index (χ4v) is 2.11. The van der Waals surface area contributed by atoms with Crippen LogP contribution in [0.1, 0.15) is 41.3 Å². The predicted molar refractivity (Wildman–Crippen MR) is 87.0 cm³/mol. The van der Waals surface area contributed by atoms with Gasteiger partial charge < -0.3 is 16.8 Å². The third kappa shape index (κ3) is 3.99. The Kier molecular flexibility index (Phi) is 4.48. The second-order valence-electron chi connectivity index (χ2n) is 5.47. The van der Waals surface area contributed by atoms with Crippen molar-refractivity contribution < 1.29 is 4.79 Å². The SMILES string of the molecule is CC(C)c1ccc(CNC(=O)c2cc(N)cc(N)c2)cc1. The maximum Gasteiger partial charge on any atom is 0.251 e. The molecule has 0 saturated heterocycles. The van der Waals surface area contributed by atoms with Crippen molar-refractivity contribution in [3.63, 3.8) is 0 Å². The number of nitrogens with two attached hydrogens (primary N) is 2. The van der Waals surface area contributed by atoms with Gasteiger partial charge in [0.1, 0.15) is 0 Å². The van der Waals surface area contributed by atoms with Crippen LogP contribution in [0.25, 0.3) is 0 Å². The smallest absolute Gasteiger partial charge is 0.251 e. The van der Waals surface area contributed by atoms with Gasteiger partial charge in [-0.3, -0.25) is 4.79 Å². The molecule has 0 aliphatic carbocycles. The number of rotatable bonds is 4. The highest BCUT2D eigenvalue weighted by Gasteiger charge is 2.07. The molecule has 0 aliphatic rings. The summed E-state index contributed by atoms with van der Waals surface area (Å²) in [6, 6.07) is 13.1. The first kappa shape index (κ1) is 14.9. The maximum atomic E-state index is 12.1. The lowest BCUT2D eigenvalue weighted by molar-refractivity contribution is 0.0951. The molecule has 5 N–H and O–H groups in total. The summed E-state index contributed by atoms with van der Waals surface area (Å²) >= 11 is 0. The largest absolute Gasteiger partial charge is 0.399 e. The molecule has 0 fully saturated rings. The molecule has 2 aromatic carbocycles. The van der Waals surface area contributed by atoms with Gasteiger partial charge in [0.15, 0.2) is 0 Å². The lowest BCUT2D eigenvalue weighted by Crippen LogP contribution is -2.23. The molecule has 0 atom stereocenters. The van der Waals surface area contributed by atoms with Gasteiger partial charge in [0.05, 0.1) is 0 Å². The second-order valence-corrected chi connectivity index (χ2v) is 5.47. The summed E-state index contributed by atoms with van der Waals surface area (Å²) < 4.78 is 0. The number of carbonyl (C=O) groups is 1. The molecule has 0 spiro atoms. The van der Waals surface area contributed by atoms with E-state index < -0.39 is 0 Å². The van der Waals surface area contributed by atoms with Crippen LogP contribution in [-0.4, -0.2) is 5.91 Å². The van der Waals surface area contributed by atoms with Crippen LogP contribution in [-0.2, 0) is 6.54 Å². The number of anilines is 2. The highest BCUT2D eigenvalue weighted by atomic mass is 16.1. The van der Waals surface area contributed by atoms with Gasteiger partial charge in [0.25, 0.3) is 5.91 Å². The van der Waals surface area contributed by atoms with Gasteiger partial charge in [0.2, 0.25) is 0 Å². The van der Waals surface area contributed by atoms with Gasteiger partial charge in [0, 0.05) is 23.5 Å². The van der Waals surface area contributed by atoms with E-state index >= 15 is 0 Å². The average molecular weight is 283 g/mol. The second kappa shape index (κ2) is 6.31. The molecule has 0 unspecified atom stereocenters. The molecule has 0 bridgehead atoms. The molecule has 2 aromatic rings. The van der Waals surface area contributed by atoms with E-state index in [4.69, 9.17) is 11.5 Å². The number of nitrogens with one attached hydrogen (secondary N) is 1. The predicted octanol–water partition coefficient (Wildman–Crippen LogP) is 2.90. The van der Waals surface area contributed by atoms with Crippen molar-refractivity contribution in [3.8, 4) is 0 Å². The summed E-state index contributed by atoms with van der Waals surface area (Å²) in [5, 5.41) is 2.87. The number of benzene rings is 2. The zero-order chi connectivity index (χ0) is 15.4. The molecule has 1 amide bonds. The fraction of sp³-hybridized carbons (Fsp3) is 0.235. The lowest BCUT2D eigenvalue weighted by atomic mass is 10.0. The normalized spacial score (nSPS) is 10.6. The van der Waals surface area contributed by atoms with Gasteiger partial charge in [-0.15, -0.1) is 0 Å². The van der Waals surface area contributed by atoms with Crippen molar-refractivity contribution in [3.05, 3.63) is 59.2 Å². The van der Waals surface area contributed by atoms with Crippen LogP contribution in [0.2, 0.25) is 0 Å². The highest BCUT2D eigenvalue weighted by Crippen LogP contribution is 2.15. The van der Waals surface area contributed by atoms with Gasteiger partial charge in [-0.1, -0.05) is 38.1 Å². The zero-order valence-electron chi connectivity index (χ0n) is 12.4. The van der Waals surface area contributed by atoms with E-state index in [9.17, 15) is 4.79 Å². The van der Waals surface area contributed by atoms with E-state index in [1.807, 2.05) is 12.1 Å². The number of nitrogen functional groups attached to an aromatic ring is 2. The first-order valence-electron chi connectivity index (χ1n) is 6.99. The first-order valence-corrected chi connectivity index (χ1v) is 6.99. The molecular weight excluding hydrogens is 262 g/mol. The summed E-state index contributed by atoms with van der Waals surface area (Å²) in [5.41, 5.74) is 15.2. The van der Waals surface area contributed by atoms with E-state index in [1.54, 1.807) is 18.2 Å². The Morgan fingerprint density at radius 2 is 1.62 bits per heavy atom. The van der Waals surface area contributed by atoms with E-state index in [0.29, 0.717) is 29.4 Å². The van der Waals surface area contributed by atoms with E-state index in [0.717, 1.165) is 5.56 Å². The summed E-state index contributed by atoms with van der Waals surface area (Å²) in [6.07, 6.45) is 0. The maximum absolute atomic E-state index is 12.1. The van der Waals surface area contributed by atoms with Crippen LogP contribution < -0.4 is 16.8 Å². The summed E-state index contributed by atoms with van der Waals surface area (Å²) in [5.74, 6) is 0.325. The Hall–Kier alpha value is -2.49. The van der Waals surface area contributed by atoms with Crippen molar-refractivity contribution in [2.24, 2.45) is 0 Å². The summed E-state index contributed by atoms with van der Waals surface area (Å²) in [7, 11) is 0. The molecule has 0 aromatic heterocycles. The minimum atomic E-state index is -0.179. The van der Waals surface area contributed by atoms with E-state index in [-0.39, 0.29) is 5.91 Å². The zero-order valence-corrected chi connectivity index (χ0v) is 12.4. The van der Waals surface area contributed by atoms with E-state index in [2.05, 4.69) is 31.3 Å². The van der Waals surface area contributed by atoms with Gasteiger partial charge >= 0.3 is 0 Å². The standard InChI is InChI=1S/C17H21N3O/c1-11(2)13-5-3-12(4-6-13)10-20-17(21)14-7-15(18)9-16(19)8-14/h3-9,11H,10,18-19H2,1-2H3,(H,20,21). The van der Waals surface area contributed by atoms with Crippen LogP contribution >= 0.6 is 0 Å². The molecular formula is C17H21N3O. The Bertz CT molecular complexity index is 613. The summed E-state index contributed by atoms with van der Waals surface area (Å²) in [4.78, 5) is 12.1. The van der Waals surface area contributed by atoms with Gasteiger partial charge in [-0.25, -0.2) is 0 Å². The van der Waals surface area contributed by atoms with Crippen LogP contribution in [0.15, 0.2) is 42.5 Å². The molecule has 2 rings (SSSR count).